The number of amides is 1. The Labute approximate surface area is 230 Å². The number of alkyl halides is 4. The molecule has 7 nitrogen and oxygen atoms in total. The summed E-state index contributed by atoms with van der Waals surface area (Å²) in [7, 11) is 6.57. The van der Waals surface area contributed by atoms with Crippen molar-refractivity contribution in [3.05, 3.63) is 53.7 Å². The van der Waals surface area contributed by atoms with Gasteiger partial charge < -0.3 is 29.2 Å². The minimum absolute atomic E-state index is 0.147. The number of benzene rings is 2. The monoisotopic (exact) mass is 560 g/mol. The lowest BCUT2D eigenvalue weighted by Gasteiger charge is -2.33. The number of fused-ring (bicyclic) bond motifs is 1. The average Bonchev–Trinajstić information content (AvgIpc) is 3.24. The van der Waals surface area contributed by atoms with Gasteiger partial charge in [-0.2, -0.15) is 13.2 Å². The Morgan fingerprint density at radius 3 is 2.62 bits per heavy atom. The Morgan fingerprint density at radius 1 is 1.18 bits per heavy atom. The predicted octanol–water partition coefficient (Wildman–Crippen LogP) is 4.80. The number of nitrogens with zero attached hydrogens (tertiary/aromatic N) is 3. The smallest absolute Gasteiger partial charge is 0.406 e. The number of carbonyl (C=O) groups excluding carboxylic acids is 1. The standard InChI is InChI=1S/C29H32F4N4O3/c1-35(2)28(38)19-10-11-26(39-4)27(15-19)40-14-6-7-20-16-21-23(34-24-12-13-36(3)17-22(24)30)8-5-9-25(21)37(20)18-29(31,32)33/h5,8-11,15-16,22,24,34H,12-14,17-18H2,1-4H3. The van der Waals surface area contributed by atoms with Crippen LogP contribution in [0.2, 0.25) is 0 Å². The van der Waals surface area contributed by atoms with Gasteiger partial charge in [-0.3, -0.25) is 4.79 Å². The first-order valence-electron chi connectivity index (χ1n) is 12.8. The number of carbonyl (C=O) groups is 1. The van der Waals surface area contributed by atoms with Crippen molar-refractivity contribution >= 4 is 22.5 Å². The number of ether oxygens (including phenoxy) is 2. The maximum absolute atomic E-state index is 14.7. The van der Waals surface area contributed by atoms with Crippen LogP contribution in [0.15, 0.2) is 42.5 Å². The number of likely N-dealkylation sites (tertiary alicyclic amines) is 1. The van der Waals surface area contributed by atoms with Crippen LogP contribution in [0.4, 0.5) is 23.2 Å². The van der Waals surface area contributed by atoms with E-state index in [1.165, 1.54) is 18.1 Å². The molecule has 2 atom stereocenters. The Morgan fingerprint density at radius 2 is 1.95 bits per heavy atom. The van der Waals surface area contributed by atoms with Gasteiger partial charge in [-0.15, -0.1) is 0 Å². The normalized spacial score (nSPS) is 17.7. The maximum Gasteiger partial charge on any atom is 0.406 e. The van der Waals surface area contributed by atoms with Crippen molar-refractivity contribution in [2.24, 2.45) is 0 Å². The van der Waals surface area contributed by atoms with E-state index in [0.29, 0.717) is 34.3 Å². The summed E-state index contributed by atoms with van der Waals surface area (Å²) in [5.74, 6) is 6.02. The van der Waals surface area contributed by atoms with Crippen LogP contribution in [0.5, 0.6) is 11.5 Å². The molecule has 1 amide bonds. The third-order valence-corrected chi connectivity index (χ3v) is 6.70. The van der Waals surface area contributed by atoms with Gasteiger partial charge in [-0.1, -0.05) is 12.0 Å². The van der Waals surface area contributed by atoms with E-state index in [0.717, 1.165) is 11.1 Å². The first-order valence-corrected chi connectivity index (χ1v) is 12.8. The molecule has 1 aromatic heterocycles. The first-order chi connectivity index (χ1) is 19.0. The molecule has 1 aliphatic heterocycles. The molecule has 2 unspecified atom stereocenters. The van der Waals surface area contributed by atoms with Gasteiger partial charge in [0.05, 0.1) is 24.4 Å². The number of rotatable bonds is 7. The molecule has 1 fully saturated rings. The molecule has 3 aromatic rings. The second kappa shape index (κ2) is 12.1. The van der Waals surface area contributed by atoms with Crippen LogP contribution in [-0.4, -0.2) is 86.6 Å². The lowest BCUT2D eigenvalue weighted by atomic mass is 10.0. The molecule has 11 heteroatoms. The molecule has 0 saturated carbocycles. The second-order valence-electron chi connectivity index (χ2n) is 9.94. The van der Waals surface area contributed by atoms with Gasteiger partial charge in [-0.05, 0) is 55.8 Å². The molecule has 40 heavy (non-hydrogen) atoms. The summed E-state index contributed by atoms with van der Waals surface area (Å²) in [5, 5.41) is 3.73. The van der Waals surface area contributed by atoms with Crippen molar-refractivity contribution in [2.45, 2.75) is 31.4 Å². The topological polar surface area (TPSA) is 59.0 Å². The Balaban J connectivity index is 1.61. The Bertz CT molecular complexity index is 1420. The number of halogens is 4. The van der Waals surface area contributed by atoms with Gasteiger partial charge in [0.1, 0.15) is 19.3 Å². The number of hydrogen-bond acceptors (Lipinski definition) is 5. The third-order valence-electron chi connectivity index (χ3n) is 6.70. The van der Waals surface area contributed by atoms with Crippen molar-refractivity contribution in [1.82, 2.24) is 14.4 Å². The van der Waals surface area contributed by atoms with Gasteiger partial charge in [0.25, 0.3) is 5.91 Å². The summed E-state index contributed by atoms with van der Waals surface area (Å²) in [4.78, 5) is 15.6. The third kappa shape index (κ3) is 6.80. The highest BCUT2D eigenvalue weighted by Crippen LogP contribution is 2.32. The van der Waals surface area contributed by atoms with Crippen molar-refractivity contribution in [1.29, 1.82) is 0 Å². The molecule has 0 bridgehead atoms. The van der Waals surface area contributed by atoms with Crippen LogP contribution in [0.1, 0.15) is 22.5 Å². The minimum Gasteiger partial charge on any atom is -0.493 e. The lowest BCUT2D eigenvalue weighted by molar-refractivity contribution is -0.140. The molecule has 1 saturated heterocycles. The number of aromatic nitrogens is 1. The fourth-order valence-electron chi connectivity index (χ4n) is 4.70. The molecule has 4 rings (SSSR count). The summed E-state index contributed by atoms with van der Waals surface area (Å²) in [5.41, 5.74) is 1.43. The van der Waals surface area contributed by atoms with Crippen LogP contribution >= 0.6 is 0 Å². The highest BCUT2D eigenvalue weighted by molar-refractivity contribution is 5.95. The molecule has 0 spiro atoms. The lowest BCUT2D eigenvalue weighted by Crippen LogP contribution is -2.46. The minimum atomic E-state index is -4.48. The SMILES string of the molecule is COc1ccc(C(=O)N(C)C)cc1OCC#Cc1cc2c(NC3CCN(C)CC3F)cccc2n1CC(F)(F)F. The number of anilines is 1. The first kappa shape index (κ1) is 29.1. The molecule has 2 aromatic carbocycles. The summed E-state index contributed by atoms with van der Waals surface area (Å²) in [6.07, 6.45) is -5.01. The van der Waals surface area contributed by atoms with Crippen molar-refractivity contribution in [3.8, 4) is 23.3 Å². The maximum atomic E-state index is 14.7. The highest BCUT2D eigenvalue weighted by atomic mass is 19.4. The molecule has 1 aliphatic rings. The molecule has 1 N–H and O–H groups in total. The highest BCUT2D eigenvalue weighted by Gasteiger charge is 2.31. The zero-order valence-electron chi connectivity index (χ0n) is 22.8. The summed E-state index contributed by atoms with van der Waals surface area (Å²) in [6.45, 7) is -0.381. The quantitative estimate of drug-likeness (QED) is 0.333. The zero-order chi connectivity index (χ0) is 29.0. The molecule has 0 radical (unpaired) electrons. The fraction of sp³-hybridized carbons (Fsp3) is 0.414. The van der Waals surface area contributed by atoms with E-state index in [2.05, 4.69) is 17.2 Å². The summed E-state index contributed by atoms with van der Waals surface area (Å²) in [6, 6.07) is 10.8. The van der Waals surface area contributed by atoms with Gasteiger partial charge >= 0.3 is 6.18 Å². The zero-order valence-corrected chi connectivity index (χ0v) is 22.8. The van der Waals surface area contributed by atoms with E-state index in [1.54, 1.807) is 50.5 Å². The largest absolute Gasteiger partial charge is 0.493 e. The number of methoxy groups -OCH3 is 1. The molecular formula is C29H32F4N4O3. The van der Waals surface area contributed by atoms with Gasteiger partial charge in [0, 0.05) is 43.8 Å². The molecule has 2 heterocycles. The predicted molar refractivity (Wildman–Crippen MR) is 146 cm³/mol. The van der Waals surface area contributed by atoms with Crippen LogP contribution in [0.3, 0.4) is 0 Å². The van der Waals surface area contributed by atoms with Gasteiger partial charge in [0.2, 0.25) is 0 Å². The number of nitrogens with one attached hydrogen (secondary N) is 1. The van der Waals surface area contributed by atoms with E-state index >= 15 is 0 Å². The molecule has 0 aliphatic carbocycles. The van der Waals surface area contributed by atoms with Crippen LogP contribution in [0.25, 0.3) is 10.9 Å². The van der Waals surface area contributed by atoms with Crippen LogP contribution < -0.4 is 14.8 Å². The Hall–Kier alpha value is -3.91. The van der Waals surface area contributed by atoms with E-state index in [1.807, 2.05) is 11.9 Å². The molecular weight excluding hydrogens is 528 g/mol. The average molecular weight is 561 g/mol. The van der Waals surface area contributed by atoms with Crippen LogP contribution in [-0.2, 0) is 6.54 Å². The fourth-order valence-corrected chi connectivity index (χ4v) is 4.70. The number of hydrogen-bond donors (Lipinski definition) is 1. The Kier molecular flexibility index (Phi) is 8.79. The van der Waals surface area contributed by atoms with Crippen molar-refractivity contribution in [3.63, 3.8) is 0 Å². The number of piperidine rings is 1. The summed E-state index contributed by atoms with van der Waals surface area (Å²) >= 11 is 0. The van der Waals surface area contributed by atoms with Crippen LogP contribution in [0, 0.1) is 11.8 Å². The van der Waals surface area contributed by atoms with Crippen molar-refractivity contribution in [2.75, 3.05) is 53.3 Å². The van der Waals surface area contributed by atoms with E-state index in [9.17, 15) is 22.4 Å². The van der Waals surface area contributed by atoms with Gasteiger partial charge in [0.15, 0.2) is 11.5 Å². The van der Waals surface area contributed by atoms with Crippen molar-refractivity contribution < 1.29 is 31.8 Å². The van der Waals surface area contributed by atoms with E-state index in [4.69, 9.17) is 9.47 Å². The van der Waals surface area contributed by atoms with Gasteiger partial charge in [-0.25, -0.2) is 4.39 Å². The summed E-state index contributed by atoms with van der Waals surface area (Å²) < 4.78 is 67.4. The van der Waals surface area contributed by atoms with E-state index < -0.39 is 24.9 Å². The second-order valence-corrected chi connectivity index (χ2v) is 9.94. The molecule has 214 valence electrons. The van der Waals surface area contributed by atoms with E-state index in [-0.39, 0.29) is 30.5 Å².